The second-order valence-corrected chi connectivity index (χ2v) is 13.5. The number of amides is 1. The highest BCUT2D eigenvalue weighted by molar-refractivity contribution is 6.09. The van der Waals surface area contributed by atoms with Gasteiger partial charge in [-0.2, -0.15) is 0 Å². The van der Waals surface area contributed by atoms with Gasteiger partial charge in [-0.15, -0.1) is 0 Å². The smallest absolute Gasteiger partial charge is 0.240 e. The number of benzene rings is 2. The highest BCUT2D eigenvalue weighted by Gasteiger charge is 2.42. The third kappa shape index (κ3) is 8.39. The molecule has 3 aliphatic heterocycles. The molecule has 1 amide bonds. The van der Waals surface area contributed by atoms with Gasteiger partial charge in [0, 0.05) is 67.6 Å². The number of ether oxygens (including phenoxy) is 2. The van der Waals surface area contributed by atoms with Crippen LogP contribution in [0.4, 0.5) is 0 Å². The number of hydrogen-bond donors (Lipinski definition) is 8. The minimum absolute atomic E-state index is 0.00195. The van der Waals surface area contributed by atoms with E-state index in [1.807, 2.05) is 34.9 Å². The molecule has 3 saturated heterocycles. The molecule has 4 heterocycles. The molecule has 14 heteroatoms. The van der Waals surface area contributed by atoms with E-state index in [2.05, 4.69) is 45.8 Å². The van der Waals surface area contributed by atoms with Crippen LogP contribution in [0.15, 0.2) is 36.4 Å². The Balaban J connectivity index is 1.30. The van der Waals surface area contributed by atoms with Gasteiger partial charge < -0.3 is 60.0 Å². The quantitative estimate of drug-likeness (QED) is 0.121. The lowest BCUT2D eigenvalue weighted by molar-refractivity contribution is -0.214. The Bertz CT molecular complexity index is 1820. The summed E-state index contributed by atoms with van der Waals surface area (Å²) in [6.07, 6.45) is -10.6. The molecule has 3 aliphatic rings. The summed E-state index contributed by atoms with van der Waals surface area (Å²) in [5, 5.41) is 75.2. The molecular weight excluding hydrogens is 660 g/mol. The van der Waals surface area contributed by atoms with E-state index in [1.165, 1.54) is 0 Å². The molecule has 0 radical (unpaired) electrons. The topological polar surface area (TPSA) is 201 Å². The molecular formula is C37H46N4O10. The molecule has 1 aromatic heterocycles. The predicted molar refractivity (Wildman–Crippen MR) is 186 cm³/mol. The number of nitrogens with zero attached hydrogens (tertiary/aromatic N) is 3. The Labute approximate surface area is 295 Å². The van der Waals surface area contributed by atoms with E-state index in [-0.39, 0.29) is 25.5 Å². The van der Waals surface area contributed by atoms with Crippen molar-refractivity contribution < 1.29 is 50.0 Å². The molecule has 0 spiro atoms. The van der Waals surface area contributed by atoms with Crippen molar-refractivity contribution in [2.75, 3.05) is 59.5 Å². The molecule has 9 atom stereocenters. The zero-order chi connectivity index (χ0) is 36.2. The van der Waals surface area contributed by atoms with Crippen molar-refractivity contribution in [3.63, 3.8) is 0 Å². The van der Waals surface area contributed by atoms with Crippen LogP contribution in [-0.4, -0.2) is 170 Å². The van der Waals surface area contributed by atoms with Gasteiger partial charge in [0.25, 0.3) is 0 Å². The summed E-state index contributed by atoms with van der Waals surface area (Å²) >= 11 is 0. The van der Waals surface area contributed by atoms with E-state index in [1.54, 1.807) is 6.07 Å². The van der Waals surface area contributed by atoms with Gasteiger partial charge in [-0.3, -0.25) is 9.69 Å². The van der Waals surface area contributed by atoms with Crippen molar-refractivity contribution in [2.45, 2.75) is 67.9 Å². The van der Waals surface area contributed by atoms with Crippen LogP contribution < -0.4 is 5.32 Å². The lowest BCUT2D eigenvalue weighted by atomic mass is 9.95. The SMILES string of the molecule is CN1CCN(CCNC(=O)Cn2c3cc(C#CC4OC(CO)CC(O)C4O)ccc3c3ccc(C#CC4OC(CO)[C@@H](O)C(O)C4O)cc32)CC1. The average molecular weight is 707 g/mol. The lowest BCUT2D eigenvalue weighted by Gasteiger charge is -2.37. The van der Waals surface area contributed by atoms with Gasteiger partial charge in [0.1, 0.15) is 49.3 Å². The first kappa shape index (κ1) is 37.2. The third-order valence-electron chi connectivity index (χ3n) is 9.88. The van der Waals surface area contributed by atoms with Crippen molar-refractivity contribution in [1.29, 1.82) is 0 Å². The number of carbonyl (C=O) groups is 1. The Morgan fingerprint density at radius 3 is 2.00 bits per heavy atom. The molecule has 274 valence electrons. The van der Waals surface area contributed by atoms with Crippen molar-refractivity contribution in [2.24, 2.45) is 0 Å². The Hall–Kier alpha value is -3.61. The van der Waals surface area contributed by atoms with E-state index in [4.69, 9.17) is 9.47 Å². The van der Waals surface area contributed by atoms with Crippen LogP contribution in [0.5, 0.6) is 0 Å². The second kappa shape index (κ2) is 16.4. The highest BCUT2D eigenvalue weighted by atomic mass is 16.5. The number of aliphatic hydroxyl groups is 7. The molecule has 14 nitrogen and oxygen atoms in total. The van der Waals surface area contributed by atoms with Crippen molar-refractivity contribution in [1.82, 2.24) is 19.7 Å². The predicted octanol–water partition coefficient (Wildman–Crippen LogP) is -2.42. The minimum Gasteiger partial charge on any atom is -0.394 e. The summed E-state index contributed by atoms with van der Waals surface area (Å²) in [4.78, 5) is 18.0. The van der Waals surface area contributed by atoms with Gasteiger partial charge in [0.15, 0.2) is 0 Å². The Kier molecular flexibility index (Phi) is 11.9. The van der Waals surface area contributed by atoms with Gasteiger partial charge >= 0.3 is 0 Å². The molecule has 0 saturated carbocycles. The molecule has 51 heavy (non-hydrogen) atoms. The zero-order valence-electron chi connectivity index (χ0n) is 28.4. The maximum absolute atomic E-state index is 13.4. The van der Waals surface area contributed by atoms with Crippen LogP contribution in [0.3, 0.4) is 0 Å². The number of fused-ring (bicyclic) bond motifs is 3. The number of hydrogen-bond acceptors (Lipinski definition) is 12. The monoisotopic (exact) mass is 706 g/mol. The minimum atomic E-state index is -1.54. The van der Waals surface area contributed by atoms with Crippen LogP contribution in [0.2, 0.25) is 0 Å². The molecule has 8 unspecified atom stereocenters. The van der Waals surface area contributed by atoms with Crippen LogP contribution in [-0.2, 0) is 20.8 Å². The van der Waals surface area contributed by atoms with Crippen molar-refractivity contribution in [3.05, 3.63) is 47.5 Å². The van der Waals surface area contributed by atoms with E-state index in [0.717, 1.165) is 49.0 Å². The van der Waals surface area contributed by atoms with Gasteiger partial charge in [0.05, 0.1) is 36.5 Å². The molecule has 2 aromatic carbocycles. The number of aliphatic hydroxyl groups excluding tert-OH is 7. The number of aromatic nitrogens is 1. The van der Waals surface area contributed by atoms with E-state index >= 15 is 0 Å². The van der Waals surface area contributed by atoms with Crippen LogP contribution >= 0.6 is 0 Å². The summed E-state index contributed by atoms with van der Waals surface area (Å²) in [5.41, 5.74) is 2.56. The summed E-state index contributed by atoms with van der Waals surface area (Å²) in [6.45, 7) is 4.22. The van der Waals surface area contributed by atoms with Crippen LogP contribution in [0.25, 0.3) is 21.8 Å². The van der Waals surface area contributed by atoms with E-state index in [0.29, 0.717) is 23.2 Å². The highest BCUT2D eigenvalue weighted by Crippen LogP contribution is 2.31. The summed E-state index contributed by atoms with van der Waals surface area (Å²) in [5.74, 6) is 11.5. The number of nitrogens with one attached hydrogen (secondary N) is 1. The average Bonchev–Trinajstić information content (AvgIpc) is 3.43. The number of rotatable bonds is 7. The van der Waals surface area contributed by atoms with Crippen molar-refractivity contribution >= 4 is 27.7 Å². The Morgan fingerprint density at radius 1 is 0.804 bits per heavy atom. The van der Waals surface area contributed by atoms with Gasteiger partial charge in [-0.05, 0) is 31.3 Å². The van der Waals surface area contributed by atoms with Gasteiger partial charge in [0.2, 0.25) is 5.91 Å². The van der Waals surface area contributed by atoms with Gasteiger partial charge in [-0.1, -0.05) is 35.8 Å². The molecule has 0 aliphatic carbocycles. The first-order valence-corrected chi connectivity index (χ1v) is 17.3. The largest absolute Gasteiger partial charge is 0.394 e. The maximum Gasteiger partial charge on any atom is 0.240 e. The fourth-order valence-corrected chi connectivity index (χ4v) is 6.77. The lowest BCUT2D eigenvalue weighted by Crippen LogP contribution is -2.58. The molecule has 3 fully saturated rings. The van der Waals surface area contributed by atoms with Gasteiger partial charge in [-0.25, -0.2) is 0 Å². The molecule has 0 bridgehead atoms. The van der Waals surface area contributed by atoms with Crippen molar-refractivity contribution in [3.8, 4) is 23.7 Å². The molecule has 6 rings (SSSR count). The first-order chi connectivity index (χ1) is 24.6. The van der Waals surface area contributed by atoms with E-state index in [9.17, 15) is 40.5 Å². The zero-order valence-corrected chi connectivity index (χ0v) is 28.4. The van der Waals surface area contributed by atoms with E-state index < -0.39 is 61.5 Å². The summed E-state index contributed by atoms with van der Waals surface area (Å²) in [7, 11) is 2.10. The third-order valence-corrected chi connectivity index (χ3v) is 9.88. The number of piperazine rings is 1. The molecule has 3 aromatic rings. The molecule has 8 N–H and O–H groups in total. The normalized spacial score (nSPS) is 30.4. The Morgan fingerprint density at radius 2 is 1.41 bits per heavy atom. The summed E-state index contributed by atoms with van der Waals surface area (Å²) in [6, 6.07) is 11.0. The maximum atomic E-state index is 13.4. The number of carbonyl (C=O) groups excluding carboxylic acids is 1. The summed E-state index contributed by atoms with van der Waals surface area (Å²) < 4.78 is 13.1. The fraction of sp³-hybridized carbons (Fsp3) is 0.541. The first-order valence-electron chi connectivity index (χ1n) is 17.3. The fourth-order valence-electron chi connectivity index (χ4n) is 6.77. The standard InChI is InChI=1S/C37H46N4O10/c1-39-12-14-40(15-13-39)11-10-38-33(45)19-41-27-16-22(4-8-30-34(46)29(44)18-24(20-42)50-30)2-6-25(27)26-7-3-23(17-28(26)41)5-9-31-35(47)37(49)36(48)32(21-43)51-31/h2-3,6-7,16-17,24,29-32,34-37,42-44,46-49H,10-15,18-21H2,1H3,(H,38,45)/t24?,29?,30?,31?,32?,34?,35?,36-,37?/m1/s1. The van der Waals surface area contributed by atoms with Crippen LogP contribution in [0.1, 0.15) is 17.5 Å². The number of likely N-dealkylation sites (N-methyl/N-ethyl adjacent to an activating group) is 1. The van der Waals surface area contributed by atoms with Crippen LogP contribution in [0, 0.1) is 23.7 Å². The second-order valence-electron chi connectivity index (χ2n) is 13.5.